The molecule has 0 radical (unpaired) electrons. The lowest BCUT2D eigenvalue weighted by molar-refractivity contribution is -0.0688. The van der Waals surface area contributed by atoms with E-state index in [2.05, 4.69) is 22.0 Å². The van der Waals surface area contributed by atoms with Gasteiger partial charge in [0.1, 0.15) is 6.17 Å². The number of nitrogens with zero attached hydrogens (tertiary/aromatic N) is 4. The number of rotatable bonds is 6. The summed E-state index contributed by atoms with van der Waals surface area (Å²) in [6, 6.07) is 6.13. The molecule has 3 heterocycles. The van der Waals surface area contributed by atoms with E-state index in [4.69, 9.17) is 5.11 Å². The molecule has 1 aliphatic rings. The third-order valence-corrected chi connectivity index (χ3v) is 5.85. The number of benzene rings is 1. The molecule has 4 rings (SSSR count). The van der Waals surface area contributed by atoms with Gasteiger partial charge in [-0.2, -0.15) is 18.3 Å². The number of aliphatic hydroxyl groups excluding tert-OH is 1. The number of halogens is 4. The number of nitrogens with one attached hydrogen (secondary N) is 1. The number of pyridine rings is 1. The number of alkyl halides is 4. The lowest BCUT2D eigenvalue weighted by atomic mass is 9.99. The molecule has 6 nitrogen and oxygen atoms in total. The minimum absolute atomic E-state index is 0.128. The van der Waals surface area contributed by atoms with Crippen molar-refractivity contribution >= 4 is 22.0 Å². The summed E-state index contributed by atoms with van der Waals surface area (Å²) < 4.78 is 57.0. The van der Waals surface area contributed by atoms with Gasteiger partial charge in [0, 0.05) is 41.3 Å². The zero-order valence-corrected chi connectivity index (χ0v) is 18.1. The molecule has 1 aliphatic heterocycles. The van der Waals surface area contributed by atoms with Crippen molar-refractivity contribution < 1.29 is 22.7 Å². The lowest BCUT2D eigenvalue weighted by Crippen LogP contribution is -2.46. The van der Waals surface area contributed by atoms with Crippen LogP contribution >= 0.6 is 0 Å². The van der Waals surface area contributed by atoms with Crippen LogP contribution in [0.15, 0.2) is 43.2 Å². The van der Waals surface area contributed by atoms with Crippen LogP contribution in [0, 0.1) is 0 Å². The fourth-order valence-electron chi connectivity index (χ4n) is 4.05. The number of hydrogen-bond donors (Lipinski definition) is 2. The van der Waals surface area contributed by atoms with Crippen LogP contribution in [0.3, 0.4) is 0 Å². The van der Waals surface area contributed by atoms with Gasteiger partial charge in [-0.1, -0.05) is 18.7 Å². The fraction of sp³-hybridized carbons (Fsp3) is 0.391. The van der Waals surface area contributed by atoms with E-state index in [1.807, 2.05) is 11.9 Å². The molecule has 3 aromatic rings. The van der Waals surface area contributed by atoms with Gasteiger partial charge in [-0.25, -0.2) is 9.37 Å². The van der Waals surface area contributed by atoms with E-state index < -0.39 is 24.0 Å². The maximum atomic E-state index is 14.7. The number of piperidine rings is 1. The Morgan fingerprint density at radius 3 is 2.79 bits per heavy atom. The summed E-state index contributed by atoms with van der Waals surface area (Å²) in [5.41, 5.74) is -0.0291. The predicted octanol–water partition coefficient (Wildman–Crippen LogP) is 4.12. The first kappa shape index (κ1) is 23.2. The van der Waals surface area contributed by atoms with Gasteiger partial charge in [-0.05, 0) is 25.6 Å². The average molecular weight is 463 g/mol. The normalized spacial score (nSPS) is 19.7. The van der Waals surface area contributed by atoms with Gasteiger partial charge in [-0.15, -0.1) is 0 Å². The molecule has 33 heavy (non-hydrogen) atoms. The smallest absolute Gasteiger partial charge is 0.394 e. The Labute approximate surface area is 188 Å². The summed E-state index contributed by atoms with van der Waals surface area (Å²) in [7, 11) is 1.85. The van der Waals surface area contributed by atoms with Crippen LogP contribution in [0.1, 0.15) is 12.1 Å². The Morgan fingerprint density at radius 2 is 2.09 bits per heavy atom. The third-order valence-electron chi connectivity index (χ3n) is 5.85. The van der Waals surface area contributed by atoms with Crippen molar-refractivity contribution in [2.45, 2.75) is 31.4 Å². The van der Waals surface area contributed by atoms with E-state index in [1.54, 1.807) is 30.5 Å². The number of aliphatic hydroxyl groups is 1. The molecule has 1 aromatic carbocycles. The molecule has 10 heteroatoms. The second-order valence-corrected chi connectivity index (χ2v) is 8.27. The first-order chi connectivity index (χ1) is 15.7. The van der Waals surface area contributed by atoms with Crippen molar-refractivity contribution in [2.24, 2.45) is 0 Å². The van der Waals surface area contributed by atoms with Gasteiger partial charge in [0.2, 0.25) is 0 Å². The van der Waals surface area contributed by atoms with Gasteiger partial charge in [0.05, 0.1) is 42.4 Å². The molecule has 2 N–H and O–H groups in total. The highest BCUT2D eigenvalue weighted by Crippen LogP contribution is 2.38. The molecule has 0 unspecified atom stereocenters. The third kappa shape index (κ3) is 4.86. The first-order valence-corrected chi connectivity index (χ1v) is 10.6. The molecule has 0 amide bonds. The topological polar surface area (TPSA) is 66.2 Å². The van der Waals surface area contributed by atoms with Gasteiger partial charge >= 0.3 is 6.18 Å². The quantitative estimate of drug-likeness (QED) is 0.539. The number of anilines is 1. The SMILES string of the molecule is C=C(c1nc(-c2cnn(CCO)c2)cc2c(N[C@@H]3CCN(C)C[C@@H]3F)cccc12)C(F)(F)F. The van der Waals surface area contributed by atoms with Gasteiger partial charge in [0.25, 0.3) is 0 Å². The Kier molecular flexibility index (Phi) is 6.40. The van der Waals surface area contributed by atoms with Crippen molar-refractivity contribution in [3.05, 3.63) is 48.9 Å². The molecule has 2 aromatic heterocycles. The molecule has 0 bridgehead atoms. The highest BCUT2D eigenvalue weighted by atomic mass is 19.4. The van der Waals surface area contributed by atoms with Crippen LogP contribution < -0.4 is 5.32 Å². The van der Waals surface area contributed by atoms with Crippen LogP contribution in [0.25, 0.3) is 27.6 Å². The lowest BCUT2D eigenvalue weighted by Gasteiger charge is -2.33. The van der Waals surface area contributed by atoms with Gasteiger partial charge < -0.3 is 15.3 Å². The molecule has 1 saturated heterocycles. The largest absolute Gasteiger partial charge is 0.417 e. The molecular weight excluding hydrogens is 438 g/mol. The number of hydrogen-bond acceptors (Lipinski definition) is 5. The zero-order valence-electron chi connectivity index (χ0n) is 18.1. The standard InChI is InChI=1S/C23H25F4N5O/c1-14(23(25,26)27)22-16-4-3-5-19(29-20-6-7-31(2)13-18(20)24)17(16)10-21(30-22)15-11-28-32(12-15)8-9-33/h3-5,10-12,18,20,29,33H,1,6-9,13H2,2H3/t18-,20+/m0/s1. The van der Waals surface area contributed by atoms with Crippen molar-refractivity contribution in [3.8, 4) is 11.3 Å². The number of allylic oxidation sites excluding steroid dienone is 1. The van der Waals surface area contributed by atoms with Crippen LogP contribution in [0.4, 0.5) is 23.2 Å². The summed E-state index contributed by atoms with van der Waals surface area (Å²) in [6.45, 7) is 4.38. The van der Waals surface area contributed by atoms with Gasteiger partial charge in [-0.3, -0.25) is 4.68 Å². The average Bonchev–Trinajstić information content (AvgIpc) is 3.23. The minimum Gasteiger partial charge on any atom is -0.394 e. The van der Waals surface area contributed by atoms with Crippen LogP contribution in [0.2, 0.25) is 0 Å². The van der Waals surface area contributed by atoms with E-state index in [1.165, 1.54) is 10.9 Å². The van der Waals surface area contributed by atoms with Crippen LogP contribution in [-0.4, -0.2) is 69.9 Å². The van der Waals surface area contributed by atoms with Gasteiger partial charge in [0.15, 0.2) is 0 Å². The predicted molar refractivity (Wildman–Crippen MR) is 120 cm³/mol. The summed E-state index contributed by atoms with van der Waals surface area (Å²) in [6.07, 6.45) is -2.12. The molecular formula is C23H25F4N5O. The second-order valence-electron chi connectivity index (χ2n) is 8.27. The van der Waals surface area contributed by atoms with E-state index in [9.17, 15) is 17.6 Å². The molecule has 0 spiro atoms. The number of likely N-dealkylation sites (tertiary alicyclic amines) is 1. The summed E-state index contributed by atoms with van der Waals surface area (Å²) in [4.78, 5) is 6.19. The Hall–Kier alpha value is -2.98. The Bertz CT molecular complexity index is 1160. The van der Waals surface area contributed by atoms with E-state index in [0.29, 0.717) is 23.1 Å². The maximum absolute atomic E-state index is 14.7. The van der Waals surface area contributed by atoms with Crippen LogP contribution in [-0.2, 0) is 6.54 Å². The fourth-order valence-corrected chi connectivity index (χ4v) is 4.05. The van der Waals surface area contributed by atoms with E-state index in [0.717, 1.165) is 6.54 Å². The maximum Gasteiger partial charge on any atom is 0.417 e. The minimum atomic E-state index is -4.67. The van der Waals surface area contributed by atoms with Crippen molar-refractivity contribution in [1.82, 2.24) is 19.7 Å². The summed E-state index contributed by atoms with van der Waals surface area (Å²) in [5.74, 6) is 0. The number of aromatic nitrogens is 3. The van der Waals surface area contributed by atoms with Crippen molar-refractivity contribution in [2.75, 3.05) is 32.1 Å². The molecule has 1 fully saturated rings. The van der Waals surface area contributed by atoms with Crippen molar-refractivity contribution in [3.63, 3.8) is 0 Å². The molecule has 0 saturated carbocycles. The zero-order chi connectivity index (χ0) is 23.8. The van der Waals surface area contributed by atoms with E-state index >= 15 is 0 Å². The summed E-state index contributed by atoms with van der Waals surface area (Å²) >= 11 is 0. The first-order valence-electron chi connectivity index (χ1n) is 10.6. The highest BCUT2D eigenvalue weighted by Gasteiger charge is 2.35. The Morgan fingerprint density at radius 1 is 1.30 bits per heavy atom. The monoisotopic (exact) mass is 463 g/mol. The second kappa shape index (κ2) is 9.11. The molecule has 176 valence electrons. The summed E-state index contributed by atoms with van der Waals surface area (Å²) in [5, 5.41) is 17.2. The number of fused-ring (bicyclic) bond motifs is 1. The Balaban J connectivity index is 1.83. The molecule has 0 aliphatic carbocycles. The molecule has 2 atom stereocenters. The van der Waals surface area contributed by atoms with E-state index in [-0.39, 0.29) is 36.5 Å². The highest BCUT2D eigenvalue weighted by molar-refractivity contribution is 6.01. The van der Waals surface area contributed by atoms with Crippen molar-refractivity contribution in [1.29, 1.82) is 0 Å². The van der Waals surface area contributed by atoms with Crippen LogP contribution in [0.5, 0.6) is 0 Å².